The van der Waals surface area contributed by atoms with Crippen molar-refractivity contribution in [3.05, 3.63) is 51.5 Å². The van der Waals surface area contributed by atoms with Crippen LogP contribution in [0.25, 0.3) is 0 Å². The van der Waals surface area contributed by atoms with Crippen LogP contribution in [0, 0.1) is 0 Å². The molecule has 7 heteroatoms. The molecular formula is C17H19Cl3N2O2. The first-order chi connectivity index (χ1) is 11.5. The number of halogens is 3. The fourth-order valence-corrected chi connectivity index (χ4v) is 3.95. The van der Waals surface area contributed by atoms with Gasteiger partial charge in [-0.3, -0.25) is 0 Å². The molecule has 1 aromatic carbocycles. The summed E-state index contributed by atoms with van der Waals surface area (Å²) in [7, 11) is 0. The standard InChI is InChI=1S/C17H19Cl3N2O2/c1-12-3-7-23-17(24-12,10-22-6-5-21-11-22)4-2-14-15(19)8-13(18)9-16(14)20/h5-6,8-9,11-12H,2-4,7,10H2,1H3. The topological polar surface area (TPSA) is 36.3 Å². The monoisotopic (exact) mass is 388 g/mol. The molecule has 0 radical (unpaired) electrons. The van der Waals surface area contributed by atoms with E-state index in [1.807, 2.05) is 10.8 Å². The van der Waals surface area contributed by atoms with E-state index in [0.29, 0.717) is 41.1 Å². The second kappa shape index (κ2) is 7.63. The van der Waals surface area contributed by atoms with Gasteiger partial charge in [0.05, 0.1) is 25.6 Å². The lowest BCUT2D eigenvalue weighted by molar-refractivity contribution is -0.298. The van der Waals surface area contributed by atoms with Crippen LogP contribution in [0.5, 0.6) is 0 Å². The Labute approximate surface area is 156 Å². The van der Waals surface area contributed by atoms with Gasteiger partial charge in [0.1, 0.15) is 0 Å². The molecule has 1 saturated heterocycles. The summed E-state index contributed by atoms with van der Waals surface area (Å²) < 4.78 is 14.2. The number of benzene rings is 1. The molecule has 2 unspecified atom stereocenters. The van der Waals surface area contributed by atoms with E-state index >= 15 is 0 Å². The molecule has 1 fully saturated rings. The zero-order valence-electron chi connectivity index (χ0n) is 13.3. The van der Waals surface area contributed by atoms with Gasteiger partial charge in [0.25, 0.3) is 0 Å². The lowest BCUT2D eigenvalue weighted by Crippen LogP contribution is -2.47. The number of ether oxygens (including phenoxy) is 2. The Bertz CT molecular complexity index is 670. The Kier molecular flexibility index (Phi) is 5.73. The highest BCUT2D eigenvalue weighted by atomic mass is 35.5. The third-order valence-electron chi connectivity index (χ3n) is 4.15. The first-order valence-electron chi connectivity index (χ1n) is 7.88. The van der Waals surface area contributed by atoms with Crippen LogP contribution in [0.1, 0.15) is 25.3 Å². The van der Waals surface area contributed by atoms with Crippen molar-refractivity contribution in [2.24, 2.45) is 0 Å². The molecule has 1 aliphatic heterocycles. The van der Waals surface area contributed by atoms with Gasteiger partial charge in [-0.05, 0) is 37.5 Å². The summed E-state index contributed by atoms with van der Waals surface area (Å²) in [4.78, 5) is 4.09. The molecule has 0 amide bonds. The number of rotatable bonds is 5. The number of imidazole rings is 1. The number of hydrogen-bond acceptors (Lipinski definition) is 3. The summed E-state index contributed by atoms with van der Waals surface area (Å²) in [5.41, 5.74) is 0.859. The third kappa shape index (κ3) is 4.24. The molecule has 0 spiro atoms. The van der Waals surface area contributed by atoms with Gasteiger partial charge in [-0.15, -0.1) is 0 Å². The molecule has 2 atom stereocenters. The predicted molar refractivity (Wildman–Crippen MR) is 95.9 cm³/mol. The molecule has 2 aromatic rings. The van der Waals surface area contributed by atoms with Gasteiger partial charge in [-0.1, -0.05) is 34.8 Å². The maximum absolute atomic E-state index is 6.30. The van der Waals surface area contributed by atoms with Gasteiger partial charge in [0.15, 0.2) is 5.79 Å². The first-order valence-corrected chi connectivity index (χ1v) is 9.02. The molecule has 1 aliphatic rings. The van der Waals surface area contributed by atoms with Crippen LogP contribution < -0.4 is 0 Å². The largest absolute Gasteiger partial charge is 0.348 e. The van der Waals surface area contributed by atoms with E-state index < -0.39 is 5.79 Å². The summed E-state index contributed by atoms with van der Waals surface area (Å²) in [5, 5.41) is 1.66. The van der Waals surface area contributed by atoms with Crippen molar-refractivity contribution in [2.75, 3.05) is 6.61 Å². The predicted octanol–water partition coefficient (Wildman–Crippen LogP) is 5.00. The highest BCUT2D eigenvalue weighted by Crippen LogP contribution is 2.34. The van der Waals surface area contributed by atoms with E-state index in [2.05, 4.69) is 11.9 Å². The average Bonchev–Trinajstić information content (AvgIpc) is 2.98. The van der Waals surface area contributed by atoms with Crippen molar-refractivity contribution < 1.29 is 9.47 Å². The highest BCUT2D eigenvalue weighted by molar-refractivity contribution is 6.39. The number of nitrogens with zero attached hydrogens (tertiary/aromatic N) is 2. The Morgan fingerprint density at radius 2 is 2.04 bits per heavy atom. The fraction of sp³-hybridized carbons (Fsp3) is 0.471. The summed E-state index contributed by atoms with van der Waals surface area (Å²) in [6.07, 6.45) is 7.69. The smallest absolute Gasteiger partial charge is 0.186 e. The minimum Gasteiger partial charge on any atom is -0.348 e. The van der Waals surface area contributed by atoms with Gasteiger partial charge < -0.3 is 14.0 Å². The Hall–Kier alpha value is -0.780. The van der Waals surface area contributed by atoms with Crippen LogP contribution >= 0.6 is 34.8 Å². The molecule has 0 saturated carbocycles. The van der Waals surface area contributed by atoms with Crippen LogP contribution in [-0.2, 0) is 22.4 Å². The zero-order valence-corrected chi connectivity index (χ0v) is 15.6. The van der Waals surface area contributed by atoms with Gasteiger partial charge in [0, 0.05) is 33.9 Å². The minimum absolute atomic E-state index is 0.137. The Balaban J connectivity index is 1.79. The summed E-state index contributed by atoms with van der Waals surface area (Å²) >= 11 is 18.6. The normalized spacial score (nSPS) is 24.2. The van der Waals surface area contributed by atoms with Crippen LogP contribution in [0.2, 0.25) is 15.1 Å². The molecule has 1 aromatic heterocycles. The van der Waals surface area contributed by atoms with Gasteiger partial charge in [0.2, 0.25) is 0 Å². The van der Waals surface area contributed by atoms with Crippen LogP contribution in [0.3, 0.4) is 0 Å². The fourth-order valence-electron chi connectivity index (χ4n) is 2.95. The maximum atomic E-state index is 6.30. The Morgan fingerprint density at radius 1 is 1.29 bits per heavy atom. The van der Waals surface area contributed by atoms with Crippen molar-refractivity contribution in [2.45, 2.75) is 44.6 Å². The minimum atomic E-state index is -0.718. The molecule has 130 valence electrons. The Morgan fingerprint density at radius 3 is 2.67 bits per heavy atom. The number of hydrogen-bond donors (Lipinski definition) is 0. The third-order valence-corrected chi connectivity index (χ3v) is 5.04. The van der Waals surface area contributed by atoms with Crippen LogP contribution in [-0.4, -0.2) is 28.0 Å². The van der Waals surface area contributed by atoms with Crippen molar-refractivity contribution in [3.63, 3.8) is 0 Å². The summed E-state index contributed by atoms with van der Waals surface area (Å²) in [5.74, 6) is -0.718. The number of aromatic nitrogens is 2. The summed E-state index contributed by atoms with van der Waals surface area (Å²) in [6.45, 7) is 3.30. The van der Waals surface area contributed by atoms with Gasteiger partial charge >= 0.3 is 0 Å². The van der Waals surface area contributed by atoms with Crippen molar-refractivity contribution in [1.82, 2.24) is 9.55 Å². The SMILES string of the molecule is CC1CCOC(CCc2c(Cl)cc(Cl)cc2Cl)(Cn2ccnc2)O1. The molecule has 4 nitrogen and oxygen atoms in total. The molecule has 2 heterocycles. The maximum Gasteiger partial charge on any atom is 0.186 e. The lowest BCUT2D eigenvalue weighted by atomic mass is 10.0. The van der Waals surface area contributed by atoms with Crippen molar-refractivity contribution >= 4 is 34.8 Å². The zero-order chi connectivity index (χ0) is 17.2. The highest BCUT2D eigenvalue weighted by Gasteiger charge is 2.37. The molecule has 0 bridgehead atoms. The molecule has 3 rings (SSSR count). The molecule has 0 N–H and O–H groups in total. The first kappa shape index (κ1) is 18.0. The average molecular weight is 390 g/mol. The van der Waals surface area contributed by atoms with Gasteiger partial charge in [-0.2, -0.15) is 0 Å². The molecular weight excluding hydrogens is 371 g/mol. The second-order valence-corrected chi connectivity index (χ2v) is 7.31. The lowest BCUT2D eigenvalue weighted by Gasteiger charge is -2.40. The summed E-state index contributed by atoms with van der Waals surface area (Å²) in [6, 6.07) is 3.41. The van der Waals surface area contributed by atoms with Crippen molar-refractivity contribution in [1.29, 1.82) is 0 Å². The van der Waals surface area contributed by atoms with Crippen molar-refractivity contribution in [3.8, 4) is 0 Å². The van der Waals surface area contributed by atoms with Crippen LogP contribution in [0.4, 0.5) is 0 Å². The molecule has 24 heavy (non-hydrogen) atoms. The second-order valence-electron chi connectivity index (χ2n) is 6.06. The van der Waals surface area contributed by atoms with E-state index in [9.17, 15) is 0 Å². The van der Waals surface area contributed by atoms with E-state index in [1.54, 1.807) is 24.7 Å². The van der Waals surface area contributed by atoms with Gasteiger partial charge in [-0.25, -0.2) is 4.98 Å². The molecule has 0 aliphatic carbocycles. The van der Waals surface area contributed by atoms with E-state index in [4.69, 9.17) is 44.3 Å². The van der Waals surface area contributed by atoms with E-state index in [-0.39, 0.29) is 6.10 Å². The van der Waals surface area contributed by atoms with Crippen LogP contribution in [0.15, 0.2) is 30.9 Å². The van der Waals surface area contributed by atoms with E-state index in [1.165, 1.54) is 0 Å². The van der Waals surface area contributed by atoms with E-state index in [0.717, 1.165) is 12.0 Å². The quantitative estimate of drug-likeness (QED) is 0.722.